The van der Waals surface area contributed by atoms with Crippen LogP contribution in [0, 0.1) is 6.92 Å². The maximum absolute atomic E-state index is 11.1. The predicted molar refractivity (Wildman–Crippen MR) is 104 cm³/mol. The molecule has 8 nitrogen and oxygen atoms in total. The minimum absolute atomic E-state index is 0.199. The molecule has 8 heteroatoms. The van der Waals surface area contributed by atoms with Crippen LogP contribution < -0.4 is 20.1 Å². The first kappa shape index (κ1) is 17.6. The predicted octanol–water partition coefficient (Wildman–Crippen LogP) is 3.74. The molecule has 0 spiro atoms. The van der Waals surface area contributed by atoms with Gasteiger partial charge in [0.05, 0.1) is 5.56 Å². The molecule has 0 amide bonds. The van der Waals surface area contributed by atoms with Gasteiger partial charge < -0.3 is 25.2 Å². The van der Waals surface area contributed by atoms with Crippen molar-refractivity contribution in [3.05, 3.63) is 59.8 Å². The lowest BCUT2D eigenvalue weighted by Crippen LogP contribution is -2.15. The van der Waals surface area contributed by atoms with E-state index >= 15 is 0 Å². The monoisotopic (exact) mass is 378 g/mol. The molecule has 4 rings (SSSR count). The zero-order valence-corrected chi connectivity index (χ0v) is 15.1. The van der Waals surface area contributed by atoms with Crippen molar-refractivity contribution < 1.29 is 19.4 Å². The number of hydrogen-bond donors (Lipinski definition) is 3. The maximum Gasteiger partial charge on any atom is 0.335 e. The molecule has 1 aromatic heterocycles. The number of carboxylic acid groups (broad SMARTS) is 1. The fourth-order valence-corrected chi connectivity index (χ4v) is 2.82. The fraction of sp³-hybridized carbons (Fsp3) is 0.150. The van der Waals surface area contributed by atoms with Crippen LogP contribution >= 0.6 is 0 Å². The second-order valence-corrected chi connectivity index (χ2v) is 6.21. The van der Waals surface area contributed by atoms with E-state index in [1.165, 1.54) is 6.07 Å². The average Bonchev–Trinajstić information content (AvgIpc) is 2.67. The Bertz CT molecular complexity index is 1040. The van der Waals surface area contributed by atoms with E-state index in [9.17, 15) is 4.79 Å². The number of anilines is 4. The van der Waals surface area contributed by atoms with E-state index in [0.717, 1.165) is 11.4 Å². The Morgan fingerprint density at radius 2 is 1.75 bits per heavy atom. The highest BCUT2D eigenvalue weighted by atomic mass is 16.6. The molecule has 28 heavy (non-hydrogen) atoms. The number of carbonyl (C=O) groups is 1. The van der Waals surface area contributed by atoms with Gasteiger partial charge in [0.25, 0.3) is 0 Å². The Labute approximate surface area is 161 Å². The van der Waals surface area contributed by atoms with E-state index in [0.29, 0.717) is 42.2 Å². The van der Waals surface area contributed by atoms with Crippen molar-refractivity contribution in [1.82, 2.24) is 9.97 Å². The van der Waals surface area contributed by atoms with Gasteiger partial charge in [0.15, 0.2) is 11.5 Å². The van der Waals surface area contributed by atoms with Gasteiger partial charge in [-0.05, 0) is 37.3 Å². The van der Waals surface area contributed by atoms with E-state index in [-0.39, 0.29) is 5.56 Å². The molecule has 0 unspecified atom stereocenters. The summed E-state index contributed by atoms with van der Waals surface area (Å²) >= 11 is 0. The number of rotatable bonds is 5. The topological polar surface area (TPSA) is 106 Å². The van der Waals surface area contributed by atoms with Gasteiger partial charge in [-0.1, -0.05) is 6.07 Å². The Morgan fingerprint density at radius 3 is 2.57 bits per heavy atom. The van der Waals surface area contributed by atoms with E-state index in [2.05, 4.69) is 20.6 Å². The number of fused-ring (bicyclic) bond motifs is 1. The van der Waals surface area contributed by atoms with Crippen LogP contribution in [0.25, 0.3) is 0 Å². The van der Waals surface area contributed by atoms with Crippen LogP contribution in [0.4, 0.5) is 23.1 Å². The molecule has 0 radical (unpaired) electrons. The summed E-state index contributed by atoms with van der Waals surface area (Å²) in [5, 5.41) is 15.4. The Hall–Kier alpha value is -3.81. The molecule has 3 aromatic rings. The highest BCUT2D eigenvalue weighted by Gasteiger charge is 2.12. The highest BCUT2D eigenvalue weighted by molar-refractivity contribution is 5.89. The number of aromatic nitrogens is 2. The maximum atomic E-state index is 11.1. The van der Waals surface area contributed by atoms with Crippen LogP contribution in [0.2, 0.25) is 0 Å². The van der Waals surface area contributed by atoms with Crippen LogP contribution in [-0.4, -0.2) is 34.3 Å². The molecule has 0 bridgehead atoms. The molecule has 1 aliphatic heterocycles. The summed E-state index contributed by atoms with van der Waals surface area (Å²) in [6.45, 7) is 2.91. The van der Waals surface area contributed by atoms with Crippen LogP contribution in [-0.2, 0) is 0 Å². The lowest BCUT2D eigenvalue weighted by molar-refractivity contribution is 0.0697. The lowest BCUT2D eigenvalue weighted by atomic mass is 10.2. The number of nitrogens with one attached hydrogen (secondary N) is 2. The first-order chi connectivity index (χ1) is 13.6. The second kappa shape index (κ2) is 7.43. The first-order valence-corrected chi connectivity index (χ1v) is 8.69. The summed E-state index contributed by atoms with van der Waals surface area (Å²) in [4.78, 5) is 20.0. The smallest absolute Gasteiger partial charge is 0.335 e. The molecule has 2 heterocycles. The third kappa shape index (κ3) is 3.96. The molecule has 0 fully saturated rings. The van der Waals surface area contributed by atoms with Crippen molar-refractivity contribution in [2.75, 3.05) is 23.8 Å². The fourth-order valence-electron chi connectivity index (χ4n) is 2.82. The minimum atomic E-state index is -0.983. The van der Waals surface area contributed by atoms with Gasteiger partial charge in [-0.2, -0.15) is 4.98 Å². The molecule has 0 saturated carbocycles. The summed E-state index contributed by atoms with van der Waals surface area (Å²) < 4.78 is 11.1. The normalized spacial score (nSPS) is 12.3. The second-order valence-electron chi connectivity index (χ2n) is 6.21. The van der Waals surface area contributed by atoms with Crippen molar-refractivity contribution in [1.29, 1.82) is 0 Å². The summed E-state index contributed by atoms with van der Waals surface area (Å²) in [5.41, 5.74) is 2.36. The van der Waals surface area contributed by atoms with Crippen LogP contribution in [0.1, 0.15) is 16.1 Å². The summed E-state index contributed by atoms with van der Waals surface area (Å²) in [5.74, 6) is 1.36. The van der Waals surface area contributed by atoms with Gasteiger partial charge >= 0.3 is 5.97 Å². The third-order valence-corrected chi connectivity index (χ3v) is 4.03. The van der Waals surface area contributed by atoms with Crippen LogP contribution in [0.15, 0.2) is 48.5 Å². The number of ether oxygens (including phenoxy) is 2. The summed E-state index contributed by atoms with van der Waals surface area (Å²) in [6.07, 6.45) is 0. The lowest BCUT2D eigenvalue weighted by Gasteiger charge is -2.19. The van der Waals surface area contributed by atoms with Gasteiger partial charge in [0.2, 0.25) is 5.95 Å². The molecule has 0 atom stereocenters. The van der Waals surface area contributed by atoms with Crippen molar-refractivity contribution in [2.24, 2.45) is 0 Å². The van der Waals surface area contributed by atoms with Crippen molar-refractivity contribution in [2.45, 2.75) is 6.92 Å². The quantitative estimate of drug-likeness (QED) is 0.617. The first-order valence-electron chi connectivity index (χ1n) is 8.69. The van der Waals surface area contributed by atoms with Gasteiger partial charge in [-0.15, -0.1) is 0 Å². The number of carboxylic acids is 1. The highest BCUT2D eigenvalue weighted by Crippen LogP contribution is 2.33. The SMILES string of the molecule is Cc1cc(Nc2cccc(C(=O)O)c2)nc(Nc2ccc3c(c2)OCCO3)n1. The summed E-state index contributed by atoms with van der Waals surface area (Å²) in [6, 6.07) is 13.9. The molecule has 2 aromatic carbocycles. The van der Waals surface area contributed by atoms with Crippen molar-refractivity contribution in [3.8, 4) is 11.5 Å². The number of aromatic carboxylic acids is 1. The van der Waals surface area contributed by atoms with Gasteiger partial charge in [-0.3, -0.25) is 0 Å². The Kier molecular flexibility index (Phi) is 4.67. The standard InChI is InChI=1S/C20H18N4O4/c1-12-9-18(22-14-4-2-3-13(10-14)19(25)26)24-20(21-12)23-15-5-6-16-17(11-15)28-8-7-27-16/h2-6,9-11H,7-8H2,1H3,(H,25,26)(H2,21,22,23,24). The Balaban J connectivity index is 1.55. The van der Waals surface area contributed by atoms with Crippen LogP contribution in [0.5, 0.6) is 11.5 Å². The molecule has 142 valence electrons. The zero-order chi connectivity index (χ0) is 19.5. The van der Waals surface area contributed by atoms with Gasteiger partial charge in [0.1, 0.15) is 19.0 Å². The molecular formula is C20H18N4O4. The van der Waals surface area contributed by atoms with Crippen molar-refractivity contribution in [3.63, 3.8) is 0 Å². The van der Waals surface area contributed by atoms with Crippen LogP contribution in [0.3, 0.4) is 0 Å². The molecule has 0 saturated heterocycles. The zero-order valence-electron chi connectivity index (χ0n) is 15.1. The number of aryl methyl sites for hydroxylation is 1. The van der Waals surface area contributed by atoms with Crippen molar-refractivity contribution >= 4 is 29.1 Å². The van der Waals surface area contributed by atoms with E-state index in [1.54, 1.807) is 24.3 Å². The third-order valence-electron chi connectivity index (χ3n) is 4.03. The number of hydrogen-bond acceptors (Lipinski definition) is 7. The molecular weight excluding hydrogens is 360 g/mol. The van der Waals surface area contributed by atoms with Gasteiger partial charge in [-0.25, -0.2) is 9.78 Å². The molecule has 0 aliphatic carbocycles. The average molecular weight is 378 g/mol. The largest absolute Gasteiger partial charge is 0.486 e. The molecule has 1 aliphatic rings. The van der Waals surface area contributed by atoms with Gasteiger partial charge in [0, 0.05) is 29.2 Å². The van der Waals surface area contributed by atoms with E-state index in [4.69, 9.17) is 14.6 Å². The van der Waals surface area contributed by atoms with E-state index < -0.39 is 5.97 Å². The number of nitrogens with zero attached hydrogens (tertiary/aromatic N) is 2. The number of benzene rings is 2. The van der Waals surface area contributed by atoms with E-state index in [1.807, 2.05) is 25.1 Å². The Morgan fingerprint density at radius 1 is 0.964 bits per heavy atom. The summed E-state index contributed by atoms with van der Waals surface area (Å²) in [7, 11) is 0. The molecule has 3 N–H and O–H groups in total. The minimum Gasteiger partial charge on any atom is -0.486 e.